The molecule has 28 rings (SSSR count). The molecule has 6 heteroatoms. The number of rotatable bonds is 17. The molecule has 0 saturated heterocycles. The standard InChI is InChI=1S/C72H49NOSi.C66H43NOSi/c1-4-21-50(22-5-1)54-28-17-32-60(45-54)75(61-33-18-29-55(46-61)51-23-6-2-7-24-51,62-34-19-30-56(47-62)52-25-8-3-9-26-52)63-48-57(43-58(49-63)64-38-20-39-68-67-37-12-15-42-71(67)74-72(64)68)53-27-16-31-59(44-53)73-69-40-13-10-35-65(69)66-36-11-14-41-70(66)73;1-4-18-48-39-54(34-31-44(48)15-1)69(55-35-32-45-16-2-5-19-49(45)40-55,56-36-33-46-17-3-6-20-50(46)41-56)57-42-51(37-52(43-57)58-26-14-27-62-61-25-9-12-30-65(61)68-66(58)62)47-21-13-22-53(38-47)67-63-28-10-7-23-59(63)60-24-8-11-29-64(60)67/h1-49H;1-43H. The van der Waals surface area contributed by atoms with Crippen molar-refractivity contribution in [2.24, 2.45) is 0 Å². The van der Waals surface area contributed by atoms with Crippen molar-refractivity contribution in [3.63, 3.8) is 0 Å². The van der Waals surface area contributed by atoms with Crippen molar-refractivity contribution >= 4 is 177 Å². The minimum absolute atomic E-state index is 0.882. The van der Waals surface area contributed by atoms with Crippen molar-refractivity contribution in [2.45, 2.75) is 0 Å². The topological polar surface area (TPSA) is 36.1 Å². The molecule has 28 aromatic rings. The van der Waals surface area contributed by atoms with E-state index in [1.54, 1.807) is 0 Å². The van der Waals surface area contributed by atoms with Crippen LogP contribution in [0.5, 0.6) is 0 Å². The molecule has 4 nitrogen and oxygen atoms in total. The van der Waals surface area contributed by atoms with Crippen LogP contribution in [0.1, 0.15) is 0 Å². The number of hydrogen-bond acceptors (Lipinski definition) is 2. The highest BCUT2D eigenvalue weighted by atomic mass is 28.3. The minimum Gasteiger partial charge on any atom is -0.455 e. The first-order chi connectivity index (χ1) is 71.3. The zero-order chi connectivity index (χ0) is 95.2. The molecule has 0 spiro atoms. The van der Waals surface area contributed by atoms with Crippen molar-refractivity contribution in [3.05, 3.63) is 558 Å². The molecule has 0 amide bonds. The fourth-order valence-corrected chi connectivity index (χ4v) is 33.0. The fourth-order valence-electron chi connectivity index (χ4n) is 23.3. The fraction of sp³-hybridized carbons (Fsp3) is 0. The van der Waals surface area contributed by atoms with Crippen molar-refractivity contribution < 1.29 is 8.83 Å². The predicted octanol–water partition coefficient (Wildman–Crippen LogP) is 31.2. The van der Waals surface area contributed by atoms with Crippen molar-refractivity contribution in [1.29, 1.82) is 0 Å². The zero-order valence-electron chi connectivity index (χ0n) is 78.8. The SMILES string of the molecule is c1cc(-c2cc(-c3cccc4c3oc3ccccc34)cc([Si](c3ccc4ccccc4c3)(c3ccc4ccccc4c3)c3ccc4ccccc4c3)c2)cc(-n2c3ccccc3c3ccccc32)c1.c1ccc(-c2cccc([Si](c3cccc(-c4ccccc4)c3)(c3cccc(-c4ccccc4)c3)c3cc(-c4cccc(-n5c6ccccc6c6ccccc65)c4)cc(-c4cccc5c4oc4ccccc45)c3)c2)cc1. The summed E-state index contributed by atoms with van der Waals surface area (Å²) in [5.74, 6) is 0. The van der Waals surface area contributed by atoms with Gasteiger partial charge in [-0.3, -0.25) is 0 Å². The van der Waals surface area contributed by atoms with Gasteiger partial charge in [0.25, 0.3) is 0 Å². The summed E-state index contributed by atoms with van der Waals surface area (Å²) in [6.07, 6.45) is 0. The van der Waals surface area contributed by atoms with E-state index in [9.17, 15) is 0 Å². The summed E-state index contributed by atoms with van der Waals surface area (Å²) in [5.41, 5.74) is 26.6. The zero-order valence-corrected chi connectivity index (χ0v) is 80.8. The number of furan rings is 2. The Balaban J connectivity index is 0.000000144. The van der Waals surface area contributed by atoms with Crippen LogP contribution in [0.2, 0.25) is 0 Å². The van der Waals surface area contributed by atoms with Gasteiger partial charge in [-0.05, 0) is 213 Å². The predicted molar refractivity (Wildman–Crippen MR) is 614 cm³/mol. The Labute approximate surface area is 836 Å². The first kappa shape index (κ1) is 84.9. The molecule has 24 aromatic carbocycles. The lowest BCUT2D eigenvalue weighted by Gasteiger charge is -2.36. The van der Waals surface area contributed by atoms with Crippen LogP contribution in [-0.4, -0.2) is 25.3 Å². The molecule has 0 aliphatic heterocycles. The molecule has 0 aliphatic rings. The van der Waals surface area contributed by atoms with E-state index in [0.29, 0.717) is 0 Å². The van der Waals surface area contributed by atoms with Gasteiger partial charge in [-0.25, -0.2) is 0 Å². The molecule has 0 saturated carbocycles. The summed E-state index contributed by atoms with van der Waals surface area (Å²) in [5, 5.41) is 27.3. The van der Waals surface area contributed by atoms with E-state index >= 15 is 0 Å². The molecule has 0 bridgehead atoms. The smallest absolute Gasteiger partial charge is 0.179 e. The normalized spacial score (nSPS) is 11.9. The lowest BCUT2D eigenvalue weighted by atomic mass is 9.97. The molecule has 0 N–H and O–H groups in total. The summed E-state index contributed by atoms with van der Waals surface area (Å²) >= 11 is 0. The molecular weight excluding hydrogens is 1770 g/mol. The highest BCUT2D eigenvalue weighted by Gasteiger charge is 2.45. The number of aromatic nitrogens is 2. The Morgan fingerprint density at radius 3 is 0.736 bits per heavy atom. The van der Waals surface area contributed by atoms with E-state index in [1.807, 2.05) is 0 Å². The van der Waals surface area contributed by atoms with Crippen LogP contribution in [-0.2, 0) is 0 Å². The van der Waals surface area contributed by atoms with E-state index in [1.165, 1.54) is 151 Å². The third kappa shape index (κ3) is 14.6. The Morgan fingerprint density at radius 1 is 0.139 bits per heavy atom. The molecule has 0 fully saturated rings. The molecule has 4 heterocycles. The Kier molecular flexibility index (Phi) is 21.0. The maximum Gasteiger partial charge on any atom is 0.179 e. The van der Waals surface area contributed by atoms with Gasteiger partial charge in [-0.1, -0.05) is 485 Å². The van der Waals surface area contributed by atoms with Crippen LogP contribution >= 0.6 is 0 Å². The lowest BCUT2D eigenvalue weighted by molar-refractivity contribution is 0.669. The highest BCUT2D eigenvalue weighted by Crippen LogP contribution is 2.44. The number of fused-ring (bicyclic) bond motifs is 15. The lowest BCUT2D eigenvalue weighted by Crippen LogP contribution is -2.74. The summed E-state index contributed by atoms with van der Waals surface area (Å²) < 4.78 is 18.6. The Morgan fingerprint density at radius 2 is 0.389 bits per heavy atom. The molecular formula is C138H92N2O2Si2. The van der Waals surface area contributed by atoms with E-state index < -0.39 is 16.1 Å². The van der Waals surface area contributed by atoms with Gasteiger partial charge in [0.1, 0.15) is 22.3 Å². The summed E-state index contributed by atoms with van der Waals surface area (Å²) in [4.78, 5) is 0. The molecule has 0 atom stereocenters. The molecule has 4 aromatic heterocycles. The second-order valence-electron chi connectivity index (χ2n) is 38.0. The molecule has 0 radical (unpaired) electrons. The van der Waals surface area contributed by atoms with Crippen molar-refractivity contribution in [1.82, 2.24) is 9.13 Å². The van der Waals surface area contributed by atoms with Crippen LogP contribution in [0.3, 0.4) is 0 Å². The second kappa shape index (κ2) is 35.5. The monoisotopic (exact) mass is 1860 g/mol. The van der Waals surface area contributed by atoms with E-state index in [2.05, 4.69) is 567 Å². The van der Waals surface area contributed by atoms with Gasteiger partial charge in [0.15, 0.2) is 16.1 Å². The number of benzene rings is 24. The number of hydrogen-bond donors (Lipinski definition) is 0. The van der Waals surface area contributed by atoms with E-state index in [4.69, 9.17) is 8.83 Å². The van der Waals surface area contributed by atoms with Gasteiger partial charge in [-0.2, -0.15) is 0 Å². The third-order valence-corrected chi connectivity index (χ3v) is 39.3. The minimum atomic E-state index is -3.40. The molecule has 144 heavy (non-hydrogen) atoms. The van der Waals surface area contributed by atoms with Crippen LogP contribution in [0.4, 0.5) is 0 Å². The quantitative estimate of drug-likeness (QED) is 0.0673. The van der Waals surface area contributed by atoms with Crippen LogP contribution in [0.25, 0.3) is 209 Å². The highest BCUT2D eigenvalue weighted by molar-refractivity contribution is 7.21. The first-order valence-corrected chi connectivity index (χ1v) is 53.6. The first-order valence-electron chi connectivity index (χ1n) is 49.6. The van der Waals surface area contributed by atoms with Gasteiger partial charge in [0.2, 0.25) is 0 Å². The van der Waals surface area contributed by atoms with Crippen LogP contribution in [0, 0.1) is 0 Å². The summed E-state index contributed by atoms with van der Waals surface area (Å²) in [6.45, 7) is 0. The third-order valence-electron chi connectivity index (χ3n) is 30.0. The van der Waals surface area contributed by atoms with Gasteiger partial charge < -0.3 is 18.0 Å². The number of nitrogens with zero attached hydrogens (tertiary/aromatic N) is 2. The Hall–Kier alpha value is -18.3. The summed E-state index contributed by atoms with van der Waals surface area (Å²) in [6, 6.07) is 207. The second-order valence-corrected chi connectivity index (χ2v) is 45.6. The van der Waals surface area contributed by atoms with Crippen molar-refractivity contribution in [3.8, 4) is 89.3 Å². The maximum atomic E-state index is 6.92. The average Bonchev–Trinajstić information content (AvgIpc) is 0.930. The van der Waals surface area contributed by atoms with E-state index in [-0.39, 0.29) is 0 Å². The van der Waals surface area contributed by atoms with Crippen LogP contribution < -0.4 is 41.5 Å². The maximum absolute atomic E-state index is 6.92. The van der Waals surface area contributed by atoms with Gasteiger partial charge in [0.05, 0.1) is 22.1 Å². The van der Waals surface area contributed by atoms with Crippen LogP contribution in [0.15, 0.2) is 567 Å². The van der Waals surface area contributed by atoms with E-state index in [0.717, 1.165) is 99.8 Å². The summed E-state index contributed by atoms with van der Waals surface area (Å²) in [7, 11) is -6.65. The molecule has 674 valence electrons. The Bertz CT molecular complexity index is 9400. The average molecular weight is 1870 g/mol. The van der Waals surface area contributed by atoms with Gasteiger partial charge >= 0.3 is 0 Å². The van der Waals surface area contributed by atoms with Gasteiger partial charge in [-0.15, -0.1) is 0 Å². The molecule has 0 unspecified atom stereocenters. The number of para-hydroxylation sites is 8. The largest absolute Gasteiger partial charge is 0.455 e. The van der Waals surface area contributed by atoms with Crippen molar-refractivity contribution in [2.75, 3.05) is 0 Å². The van der Waals surface area contributed by atoms with Gasteiger partial charge in [0, 0.05) is 65.6 Å². The molecule has 0 aliphatic carbocycles.